The van der Waals surface area contributed by atoms with Crippen LogP contribution in [-0.2, 0) is 4.79 Å². The average molecular weight is 448 g/mol. The lowest BCUT2D eigenvalue weighted by atomic mass is 10.1. The fourth-order valence-electron chi connectivity index (χ4n) is 3.24. The van der Waals surface area contributed by atoms with Gasteiger partial charge in [-0.2, -0.15) is 5.10 Å². The molecule has 0 aliphatic rings. The molecule has 1 aromatic carbocycles. The molecule has 0 saturated carbocycles. The van der Waals surface area contributed by atoms with Crippen molar-refractivity contribution in [2.45, 2.75) is 13.0 Å². The van der Waals surface area contributed by atoms with Gasteiger partial charge in [0.15, 0.2) is 4.96 Å². The monoisotopic (exact) mass is 447 g/mol. The van der Waals surface area contributed by atoms with Crippen molar-refractivity contribution in [3.8, 4) is 21.8 Å². The predicted octanol–water partition coefficient (Wildman–Crippen LogP) is 4.55. The Kier molecular flexibility index (Phi) is 4.97. The Balaban J connectivity index is 1.38. The molecule has 31 heavy (non-hydrogen) atoms. The number of carbonyl (C=O) groups excluding carboxylic acids is 1. The van der Waals surface area contributed by atoms with Gasteiger partial charge in [-0.15, -0.1) is 22.7 Å². The summed E-state index contributed by atoms with van der Waals surface area (Å²) in [5.41, 5.74) is 2.70. The molecule has 7 nitrogen and oxygen atoms in total. The number of thiophene rings is 1. The van der Waals surface area contributed by atoms with Gasteiger partial charge in [0.05, 0.1) is 10.6 Å². The van der Waals surface area contributed by atoms with Crippen molar-refractivity contribution in [1.29, 1.82) is 0 Å². The third-order valence-corrected chi connectivity index (χ3v) is 6.53. The maximum atomic E-state index is 12.9. The molecule has 0 radical (unpaired) electrons. The zero-order valence-electron chi connectivity index (χ0n) is 16.4. The SMILES string of the molecule is C[C@@H](C(=O)Nc1cccc(-c2cn3ccsc3n2)c1)n1nc(-c2cccs2)ccc1=O. The summed E-state index contributed by atoms with van der Waals surface area (Å²) in [5.74, 6) is -0.319. The molecule has 4 aromatic heterocycles. The first-order chi connectivity index (χ1) is 15.1. The summed E-state index contributed by atoms with van der Waals surface area (Å²) in [6, 6.07) is 13.7. The van der Waals surface area contributed by atoms with Crippen molar-refractivity contribution >= 4 is 39.2 Å². The number of anilines is 1. The molecule has 0 fully saturated rings. The van der Waals surface area contributed by atoms with Gasteiger partial charge in [0.2, 0.25) is 5.91 Å². The van der Waals surface area contributed by atoms with Gasteiger partial charge in [-0.1, -0.05) is 18.2 Å². The average Bonchev–Trinajstić information content (AvgIpc) is 3.51. The number of aromatic nitrogens is 4. The highest BCUT2D eigenvalue weighted by atomic mass is 32.1. The van der Waals surface area contributed by atoms with Crippen LogP contribution < -0.4 is 10.9 Å². The zero-order valence-corrected chi connectivity index (χ0v) is 18.1. The Hall–Kier alpha value is -3.56. The zero-order chi connectivity index (χ0) is 21.4. The number of fused-ring (bicyclic) bond motifs is 1. The van der Waals surface area contributed by atoms with Gasteiger partial charge in [0, 0.05) is 35.1 Å². The van der Waals surface area contributed by atoms with Gasteiger partial charge in [0.1, 0.15) is 11.7 Å². The van der Waals surface area contributed by atoms with E-state index in [0.29, 0.717) is 11.4 Å². The number of hydrogen-bond donors (Lipinski definition) is 1. The van der Waals surface area contributed by atoms with E-state index < -0.39 is 6.04 Å². The lowest BCUT2D eigenvalue weighted by Gasteiger charge is -2.15. The van der Waals surface area contributed by atoms with E-state index in [4.69, 9.17) is 0 Å². The van der Waals surface area contributed by atoms with Crippen LogP contribution in [0.25, 0.3) is 26.8 Å². The largest absolute Gasteiger partial charge is 0.324 e. The van der Waals surface area contributed by atoms with E-state index in [-0.39, 0.29) is 11.5 Å². The standard InChI is InChI=1S/C22H17N5O2S2/c1-14(27-20(28)8-7-17(25-27)19-6-3-10-30-19)21(29)23-16-5-2-4-15(12-16)18-13-26-9-11-31-22(26)24-18/h2-14H,1H3,(H,23,29)/t14-/m0/s1. The Morgan fingerprint density at radius 2 is 1.97 bits per heavy atom. The number of amides is 1. The summed E-state index contributed by atoms with van der Waals surface area (Å²) in [6.07, 6.45) is 3.91. The van der Waals surface area contributed by atoms with Crippen molar-refractivity contribution in [1.82, 2.24) is 19.2 Å². The molecule has 1 amide bonds. The number of imidazole rings is 1. The number of nitrogens with zero attached hydrogens (tertiary/aromatic N) is 4. The van der Waals surface area contributed by atoms with Gasteiger partial charge in [-0.05, 0) is 36.6 Å². The van der Waals surface area contributed by atoms with Crippen LogP contribution in [0.2, 0.25) is 0 Å². The fraction of sp³-hybridized carbons (Fsp3) is 0.0909. The van der Waals surface area contributed by atoms with Crippen LogP contribution in [0.15, 0.2) is 76.5 Å². The summed E-state index contributed by atoms with van der Waals surface area (Å²) >= 11 is 3.09. The first kappa shape index (κ1) is 19.4. The molecule has 0 aliphatic carbocycles. The molecule has 0 aliphatic heterocycles. The van der Waals surface area contributed by atoms with E-state index in [0.717, 1.165) is 21.1 Å². The minimum Gasteiger partial charge on any atom is -0.324 e. The number of hydrogen-bond acceptors (Lipinski definition) is 6. The van der Waals surface area contributed by atoms with E-state index >= 15 is 0 Å². The molecule has 5 aromatic rings. The van der Waals surface area contributed by atoms with E-state index in [1.807, 2.05) is 64.0 Å². The first-order valence-electron chi connectivity index (χ1n) is 9.56. The van der Waals surface area contributed by atoms with Crippen LogP contribution in [0.5, 0.6) is 0 Å². The fourth-order valence-corrected chi connectivity index (χ4v) is 4.63. The van der Waals surface area contributed by atoms with E-state index in [2.05, 4.69) is 15.4 Å². The van der Waals surface area contributed by atoms with Crippen LogP contribution in [0.1, 0.15) is 13.0 Å². The van der Waals surface area contributed by atoms with Gasteiger partial charge < -0.3 is 5.32 Å². The minimum atomic E-state index is -0.769. The number of carbonyl (C=O) groups is 1. The van der Waals surface area contributed by atoms with Crippen LogP contribution >= 0.6 is 22.7 Å². The third-order valence-electron chi connectivity index (χ3n) is 4.86. The Morgan fingerprint density at radius 3 is 2.77 bits per heavy atom. The van der Waals surface area contributed by atoms with Gasteiger partial charge in [0.25, 0.3) is 5.56 Å². The summed E-state index contributed by atoms with van der Waals surface area (Å²) < 4.78 is 3.18. The molecule has 0 bridgehead atoms. The summed E-state index contributed by atoms with van der Waals surface area (Å²) in [6.45, 7) is 1.66. The second-order valence-electron chi connectivity index (χ2n) is 6.94. The van der Waals surface area contributed by atoms with Gasteiger partial charge in [-0.25, -0.2) is 9.67 Å². The highest BCUT2D eigenvalue weighted by Gasteiger charge is 2.19. The quantitative estimate of drug-likeness (QED) is 0.429. The second-order valence-corrected chi connectivity index (χ2v) is 8.76. The van der Waals surface area contributed by atoms with Crippen molar-refractivity contribution in [3.63, 3.8) is 0 Å². The summed E-state index contributed by atoms with van der Waals surface area (Å²) in [4.78, 5) is 31.7. The molecule has 0 spiro atoms. The van der Waals surface area contributed by atoms with Crippen molar-refractivity contribution < 1.29 is 4.79 Å². The molecule has 4 heterocycles. The maximum absolute atomic E-state index is 12.9. The molecule has 9 heteroatoms. The number of benzene rings is 1. The summed E-state index contributed by atoms with van der Waals surface area (Å²) in [5, 5.41) is 11.2. The molecule has 1 N–H and O–H groups in total. The normalized spacial score (nSPS) is 12.2. The van der Waals surface area contributed by atoms with Gasteiger partial charge >= 0.3 is 0 Å². The predicted molar refractivity (Wildman–Crippen MR) is 124 cm³/mol. The molecular formula is C22H17N5O2S2. The summed E-state index contributed by atoms with van der Waals surface area (Å²) in [7, 11) is 0. The smallest absolute Gasteiger partial charge is 0.267 e. The highest BCUT2D eigenvalue weighted by molar-refractivity contribution is 7.15. The van der Waals surface area contributed by atoms with Crippen LogP contribution in [0.3, 0.4) is 0 Å². The topological polar surface area (TPSA) is 81.3 Å². The van der Waals surface area contributed by atoms with E-state index in [1.165, 1.54) is 22.1 Å². The van der Waals surface area contributed by atoms with E-state index in [1.54, 1.807) is 24.3 Å². The number of nitrogens with one attached hydrogen (secondary N) is 1. The Bertz CT molecular complexity index is 1400. The van der Waals surface area contributed by atoms with Crippen molar-refractivity contribution in [2.75, 3.05) is 5.32 Å². The van der Waals surface area contributed by atoms with Crippen LogP contribution in [-0.4, -0.2) is 25.1 Å². The van der Waals surface area contributed by atoms with Gasteiger partial charge in [-0.3, -0.25) is 14.0 Å². The molecule has 1 atom stereocenters. The Morgan fingerprint density at radius 1 is 1.06 bits per heavy atom. The van der Waals surface area contributed by atoms with Crippen molar-refractivity contribution in [3.05, 3.63) is 82.0 Å². The maximum Gasteiger partial charge on any atom is 0.267 e. The van der Waals surface area contributed by atoms with Crippen LogP contribution in [0, 0.1) is 0 Å². The molecule has 154 valence electrons. The van der Waals surface area contributed by atoms with Crippen molar-refractivity contribution in [2.24, 2.45) is 0 Å². The molecule has 0 saturated heterocycles. The molecule has 5 rings (SSSR count). The lowest BCUT2D eigenvalue weighted by Crippen LogP contribution is -2.33. The Labute approximate surface area is 185 Å². The number of rotatable bonds is 5. The second kappa shape index (κ2) is 7.93. The molecule has 0 unspecified atom stereocenters. The highest BCUT2D eigenvalue weighted by Crippen LogP contribution is 2.25. The third kappa shape index (κ3) is 3.80. The first-order valence-corrected chi connectivity index (χ1v) is 11.3. The van der Waals surface area contributed by atoms with E-state index in [9.17, 15) is 9.59 Å². The lowest BCUT2D eigenvalue weighted by molar-refractivity contribution is -0.119. The minimum absolute atomic E-state index is 0.319. The van der Waals surface area contributed by atoms with Crippen LogP contribution in [0.4, 0.5) is 5.69 Å². The number of thiazole rings is 1. The molecular weight excluding hydrogens is 430 g/mol.